The molecule has 0 amide bonds. The van der Waals surface area contributed by atoms with E-state index >= 15 is 0 Å². The van der Waals surface area contributed by atoms with E-state index in [1.54, 1.807) is 18.2 Å². The maximum atomic E-state index is 12.3. The lowest BCUT2D eigenvalue weighted by molar-refractivity contribution is 0.104. The van der Waals surface area contributed by atoms with Gasteiger partial charge in [0, 0.05) is 24.1 Å². The molecule has 8 heteroatoms. The highest BCUT2D eigenvalue weighted by Crippen LogP contribution is 2.37. The zero-order chi connectivity index (χ0) is 18.9. The summed E-state index contributed by atoms with van der Waals surface area (Å²) in [7, 11) is -0.597. The lowest BCUT2D eigenvalue weighted by Gasteiger charge is -2.11. The topological polar surface area (TPSA) is 72.9 Å². The second kappa shape index (κ2) is 7.22. The lowest BCUT2D eigenvalue weighted by atomic mass is 10.1. The number of rotatable bonds is 5. The van der Waals surface area contributed by atoms with E-state index < -0.39 is 10.0 Å². The first-order chi connectivity index (χ1) is 12.3. The highest BCUT2D eigenvalue weighted by atomic mass is 79.9. The van der Waals surface area contributed by atoms with Gasteiger partial charge in [0.1, 0.15) is 0 Å². The standard InChI is InChI=1S/C18H16BrNO5S/c1-20(2)26(22,23)14-6-3-12(4-7-14)16(21)8-5-13-9-17-18(10-15(13)19)25-11-24-17/h3-10H,11H2,1-2H3/b8-5+. The summed E-state index contributed by atoms with van der Waals surface area (Å²) < 4.78 is 36.6. The summed E-state index contributed by atoms with van der Waals surface area (Å²) in [6.07, 6.45) is 3.09. The van der Waals surface area contributed by atoms with Crippen molar-refractivity contribution in [1.82, 2.24) is 4.31 Å². The molecule has 136 valence electrons. The minimum atomic E-state index is -3.51. The summed E-state index contributed by atoms with van der Waals surface area (Å²) in [6.45, 7) is 0.177. The van der Waals surface area contributed by atoms with Crippen LogP contribution in [0.5, 0.6) is 11.5 Å². The number of ether oxygens (including phenoxy) is 2. The summed E-state index contributed by atoms with van der Waals surface area (Å²) >= 11 is 3.43. The Kier molecular flexibility index (Phi) is 5.17. The van der Waals surface area contributed by atoms with Gasteiger partial charge in [0.2, 0.25) is 16.8 Å². The molecule has 1 heterocycles. The first kappa shape index (κ1) is 18.6. The zero-order valence-electron chi connectivity index (χ0n) is 14.1. The van der Waals surface area contributed by atoms with Gasteiger partial charge in [-0.25, -0.2) is 12.7 Å². The van der Waals surface area contributed by atoms with Crippen LogP contribution >= 0.6 is 15.9 Å². The summed E-state index contributed by atoms with van der Waals surface area (Å²) in [6, 6.07) is 9.41. The van der Waals surface area contributed by atoms with Crippen molar-refractivity contribution in [3.8, 4) is 11.5 Å². The zero-order valence-corrected chi connectivity index (χ0v) is 16.5. The SMILES string of the molecule is CN(C)S(=O)(=O)c1ccc(C(=O)/C=C/c2cc3c(cc2Br)OCO3)cc1. The maximum Gasteiger partial charge on any atom is 0.242 e. The summed E-state index contributed by atoms with van der Waals surface area (Å²) in [4.78, 5) is 12.5. The van der Waals surface area contributed by atoms with Crippen LogP contribution in [-0.4, -0.2) is 39.4 Å². The number of allylic oxidation sites excluding steroid dienone is 1. The molecule has 0 N–H and O–H groups in total. The summed E-state index contributed by atoms with van der Waals surface area (Å²) in [5.74, 6) is 1.04. The molecular formula is C18H16BrNO5S. The molecule has 26 heavy (non-hydrogen) atoms. The second-order valence-electron chi connectivity index (χ2n) is 5.74. The van der Waals surface area contributed by atoms with Crippen LogP contribution in [0.4, 0.5) is 0 Å². The number of fused-ring (bicyclic) bond motifs is 1. The van der Waals surface area contributed by atoms with Gasteiger partial charge in [-0.1, -0.05) is 15.9 Å². The predicted molar refractivity (Wildman–Crippen MR) is 101 cm³/mol. The Morgan fingerprint density at radius 2 is 1.73 bits per heavy atom. The molecule has 0 aliphatic carbocycles. The lowest BCUT2D eigenvalue weighted by Crippen LogP contribution is -2.22. The molecule has 6 nitrogen and oxygen atoms in total. The summed E-state index contributed by atoms with van der Waals surface area (Å²) in [5, 5.41) is 0. The van der Waals surface area contributed by atoms with E-state index in [9.17, 15) is 13.2 Å². The van der Waals surface area contributed by atoms with Crippen LogP contribution in [0.15, 0.2) is 51.8 Å². The third-order valence-corrected chi connectivity index (χ3v) is 6.34. The number of carbonyl (C=O) groups is 1. The Balaban J connectivity index is 1.79. The quantitative estimate of drug-likeness (QED) is 0.529. The number of halogens is 1. The molecule has 0 aromatic heterocycles. The molecule has 0 bridgehead atoms. The Labute approximate surface area is 160 Å². The van der Waals surface area contributed by atoms with Crippen LogP contribution in [0.2, 0.25) is 0 Å². The van der Waals surface area contributed by atoms with Crippen molar-refractivity contribution in [3.05, 3.63) is 58.1 Å². The van der Waals surface area contributed by atoms with Gasteiger partial charge in [-0.05, 0) is 54.1 Å². The minimum absolute atomic E-state index is 0.140. The third-order valence-electron chi connectivity index (χ3n) is 3.82. The van der Waals surface area contributed by atoms with Crippen molar-refractivity contribution in [3.63, 3.8) is 0 Å². The van der Waals surface area contributed by atoms with E-state index in [0.717, 1.165) is 14.3 Å². The van der Waals surface area contributed by atoms with Gasteiger partial charge in [-0.2, -0.15) is 0 Å². The van der Waals surface area contributed by atoms with Crippen molar-refractivity contribution in [2.24, 2.45) is 0 Å². The molecule has 0 saturated carbocycles. The molecule has 0 radical (unpaired) electrons. The molecule has 0 spiro atoms. The van der Waals surface area contributed by atoms with Gasteiger partial charge >= 0.3 is 0 Å². The molecule has 2 aromatic rings. The van der Waals surface area contributed by atoms with Crippen LogP contribution in [0.25, 0.3) is 6.08 Å². The van der Waals surface area contributed by atoms with E-state index in [0.29, 0.717) is 17.1 Å². The molecule has 0 atom stereocenters. The van der Waals surface area contributed by atoms with Crippen LogP contribution in [0.1, 0.15) is 15.9 Å². The number of hydrogen-bond acceptors (Lipinski definition) is 5. The van der Waals surface area contributed by atoms with E-state index in [2.05, 4.69) is 15.9 Å². The molecule has 3 rings (SSSR count). The second-order valence-corrected chi connectivity index (χ2v) is 8.74. The Morgan fingerprint density at radius 1 is 1.12 bits per heavy atom. The Hall–Kier alpha value is -2.16. The Bertz CT molecular complexity index is 981. The van der Waals surface area contributed by atoms with E-state index in [1.165, 1.54) is 44.4 Å². The fraction of sp³-hybridized carbons (Fsp3) is 0.167. The van der Waals surface area contributed by atoms with Crippen molar-refractivity contribution < 1.29 is 22.7 Å². The van der Waals surface area contributed by atoms with Crippen molar-refractivity contribution in [1.29, 1.82) is 0 Å². The number of ketones is 1. The van der Waals surface area contributed by atoms with Crippen LogP contribution in [0.3, 0.4) is 0 Å². The van der Waals surface area contributed by atoms with Gasteiger partial charge < -0.3 is 9.47 Å². The van der Waals surface area contributed by atoms with Crippen LogP contribution in [-0.2, 0) is 10.0 Å². The molecule has 0 fully saturated rings. The van der Waals surface area contributed by atoms with Gasteiger partial charge in [-0.3, -0.25) is 4.79 Å². The van der Waals surface area contributed by atoms with Crippen LogP contribution < -0.4 is 9.47 Å². The molecule has 1 aliphatic rings. The largest absolute Gasteiger partial charge is 0.454 e. The number of carbonyl (C=O) groups excluding carboxylic acids is 1. The van der Waals surface area contributed by atoms with Crippen molar-refractivity contribution in [2.45, 2.75) is 4.90 Å². The van der Waals surface area contributed by atoms with Gasteiger partial charge in [-0.15, -0.1) is 0 Å². The van der Waals surface area contributed by atoms with E-state index in [-0.39, 0.29) is 17.5 Å². The van der Waals surface area contributed by atoms with Crippen molar-refractivity contribution >= 4 is 37.8 Å². The fourth-order valence-corrected chi connectivity index (χ4v) is 3.68. The normalized spacial score (nSPS) is 13.5. The monoisotopic (exact) mass is 437 g/mol. The highest BCUT2D eigenvalue weighted by molar-refractivity contribution is 9.10. The molecular weight excluding hydrogens is 422 g/mol. The molecule has 2 aromatic carbocycles. The average molecular weight is 438 g/mol. The highest BCUT2D eigenvalue weighted by Gasteiger charge is 2.18. The van der Waals surface area contributed by atoms with Crippen LogP contribution in [0, 0.1) is 0 Å². The molecule has 1 aliphatic heterocycles. The van der Waals surface area contributed by atoms with E-state index in [4.69, 9.17) is 9.47 Å². The summed E-state index contributed by atoms with van der Waals surface area (Å²) in [5.41, 5.74) is 1.17. The third kappa shape index (κ3) is 3.67. The minimum Gasteiger partial charge on any atom is -0.454 e. The maximum absolute atomic E-state index is 12.3. The molecule has 0 saturated heterocycles. The van der Waals surface area contributed by atoms with E-state index in [1.807, 2.05) is 0 Å². The predicted octanol–water partition coefficient (Wildman–Crippen LogP) is 3.32. The number of hydrogen-bond donors (Lipinski definition) is 0. The van der Waals surface area contributed by atoms with Gasteiger partial charge in [0.05, 0.1) is 4.90 Å². The number of sulfonamides is 1. The first-order valence-electron chi connectivity index (χ1n) is 7.63. The molecule has 0 unspecified atom stereocenters. The number of benzene rings is 2. The Morgan fingerprint density at radius 3 is 2.35 bits per heavy atom. The smallest absolute Gasteiger partial charge is 0.242 e. The fourth-order valence-electron chi connectivity index (χ4n) is 2.32. The van der Waals surface area contributed by atoms with Crippen molar-refractivity contribution in [2.75, 3.05) is 20.9 Å². The average Bonchev–Trinajstić information content (AvgIpc) is 3.06. The first-order valence-corrected chi connectivity index (χ1v) is 9.86. The van der Waals surface area contributed by atoms with Gasteiger partial charge in [0.25, 0.3) is 0 Å². The number of nitrogens with zero attached hydrogens (tertiary/aromatic N) is 1. The van der Waals surface area contributed by atoms with Gasteiger partial charge in [0.15, 0.2) is 17.3 Å².